The van der Waals surface area contributed by atoms with Crippen molar-refractivity contribution in [3.05, 3.63) is 22.2 Å². The lowest BCUT2D eigenvalue weighted by Crippen LogP contribution is -2.33. The minimum Gasteiger partial charge on any atom is -0.383 e. The zero-order valence-electron chi connectivity index (χ0n) is 8.45. The van der Waals surface area contributed by atoms with E-state index in [0.29, 0.717) is 5.92 Å². The van der Waals surface area contributed by atoms with Crippen molar-refractivity contribution < 1.29 is 4.52 Å². The van der Waals surface area contributed by atoms with E-state index < -0.39 is 0 Å². The van der Waals surface area contributed by atoms with Crippen LogP contribution in [0.2, 0.25) is 0 Å². The van der Waals surface area contributed by atoms with Gasteiger partial charge in [0, 0.05) is 18.5 Å². The fourth-order valence-electron chi connectivity index (χ4n) is 2.07. The summed E-state index contributed by atoms with van der Waals surface area (Å²) in [6.07, 6.45) is 2.31. The zero-order chi connectivity index (χ0) is 9.97. The number of aromatic nitrogens is 1. The van der Waals surface area contributed by atoms with Gasteiger partial charge >= 0.3 is 0 Å². The summed E-state index contributed by atoms with van der Waals surface area (Å²) >= 11 is 0. The number of hydrogen-bond donors (Lipinski definition) is 1. The molecule has 1 aliphatic heterocycles. The second-order valence-corrected chi connectivity index (χ2v) is 3.85. The standard InChI is InChI=1S/C10H16N2O2/c1-2-12-5-3-4-8(7-12)9-6-10(13)11-14-9/h6,8H,2-5,7H2,1H3,(H,11,13)/t8-/m1/s1. The Bertz CT molecular complexity index is 342. The van der Waals surface area contributed by atoms with Gasteiger partial charge in [0.25, 0.3) is 5.56 Å². The molecule has 1 aromatic heterocycles. The molecule has 0 saturated carbocycles. The Hall–Kier alpha value is -1.03. The van der Waals surface area contributed by atoms with Crippen molar-refractivity contribution in [3.8, 4) is 0 Å². The first-order chi connectivity index (χ1) is 6.79. The van der Waals surface area contributed by atoms with Gasteiger partial charge in [-0.3, -0.25) is 4.79 Å². The molecule has 0 spiro atoms. The molecular formula is C10H16N2O2. The lowest BCUT2D eigenvalue weighted by atomic mass is 9.96. The number of hydrogen-bond acceptors (Lipinski definition) is 3. The Morgan fingerprint density at radius 3 is 3.21 bits per heavy atom. The molecule has 14 heavy (non-hydrogen) atoms. The summed E-state index contributed by atoms with van der Waals surface area (Å²) in [5.74, 6) is 1.20. The molecule has 4 nitrogen and oxygen atoms in total. The average molecular weight is 196 g/mol. The number of piperidine rings is 1. The van der Waals surface area contributed by atoms with Crippen molar-refractivity contribution in [2.24, 2.45) is 0 Å². The Morgan fingerprint density at radius 1 is 1.71 bits per heavy atom. The van der Waals surface area contributed by atoms with Crippen LogP contribution >= 0.6 is 0 Å². The van der Waals surface area contributed by atoms with E-state index in [-0.39, 0.29) is 5.56 Å². The highest BCUT2D eigenvalue weighted by Gasteiger charge is 2.22. The Morgan fingerprint density at radius 2 is 2.57 bits per heavy atom. The third-order valence-electron chi connectivity index (χ3n) is 2.90. The molecule has 0 aliphatic carbocycles. The summed E-state index contributed by atoms with van der Waals surface area (Å²) in [6.45, 7) is 5.42. The summed E-state index contributed by atoms with van der Waals surface area (Å²) in [4.78, 5) is 13.3. The molecule has 2 rings (SSSR count). The first-order valence-electron chi connectivity index (χ1n) is 5.20. The molecule has 1 saturated heterocycles. The molecule has 1 fully saturated rings. The van der Waals surface area contributed by atoms with Crippen LogP contribution in [0.15, 0.2) is 15.4 Å². The quantitative estimate of drug-likeness (QED) is 0.772. The molecule has 4 heteroatoms. The predicted octanol–water partition coefficient (Wildman–Crippen LogP) is 1.17. The van der Waals surface area contributed by atoms with Gasteiger partial charge in [-0.05, 0) is 25.9 Å². The molecule has 1 aromatic rings. The van der Waals surface area contributed by atoms with Gasteiger partial charge < -0.3 is 9.42 Å². The van der Waals surface area contributed by atoms with Gasteiger partial charge in [-0.25, -0.2) is 0 Å². The summed E-state index contributed by atoms with van der Waals surface area (Å²) < 4.78 is 5.13. The molecule has 1 aliphatic rings. The van der Waals surface area contributed by atoms with Gasteiger partial charge in [-0.1, -0.05) is 6.92 Å². The van der Waals surface area contributed by atoms with Crippen LogP contribution in [0, 0.1) is 0 Å². The lowest BCUT2D eigenvalue weighted by molar-refractivity contribution is 0.198. The highest BCUT2D eigenvalue weighted by Crippen LogP contribution is 2.25. The SMILES string of the molecule is CCN1CCC[C@@H](c2cc(=O)[nH]o2)C1. The van der Waals surface area contributed by atoms with Gasteiger partial charge in [0.1, 0.15) is 5.76 Å². The first kappa shape index (κ1) is 9.52. The Labute approximate surface area is 82.9 Å². The van der Waals surface area contributed by atoms with Crippen molar-refractivity contribution in [2.45, 2.75) is 25.7 Å². The summed E-state index contributed by atoms with van der Waals surface area (Å²) in [6, 6.07) is 1.57. The van der Waals surface area contributed by atoms with E-state index >= 15 is 0 Å². The number of aromatic amines is 1. The second kappa shape index (κ2) is 4.00. The van der Waals surface area contributed by atoms with E-state index in [1.165, 1.54) is 13.0 Å². The first-order valence-corrected chi connectivity index (χ1v) is 5.20. The van der Waals surface area contributed by atoms with Gasteiger partial charge in [0.05, 0.1) is 0 Å². The van der Waals surface area contributed by atoms with Crippen molar-refractivity contribution in [1.82, 2.24) is 10.1 Å². The number of H-pyrrole nitrogens is 1. The van der Waals surface area contributed by atoms with Crippen LogP contribution in [-0.4, -0.2) is 29.7 Å². The van der Waals surface area contributed by atoms with Crippen LogP contribution in [-0.2, 0) is 0 Å². The van der Waals surface area contributed by atoms with Gasteiger partial charge in [0.15, 0.2) is 0 Å². The third kappa shape index (κ3) is 1.90. The zero-order valence-corrected chi connectivity index (χ0v) is 8.45. The largest absolute Gasteiger partial charge is 0.383 e. The average Bonchev–Trinajstić information content (AvgIpc) is 2.65. The Kier molecular flexibility index (Phi) is 2.72. The number of likely N-dealkylation sites (N-methyl/N-ethyl adjacent to an activating group) is 1. The van der Waals surface area contributed by atoms with Crippen molar-refractivity contribution in [3.63, 3.8) is 0 Å². The van der Waals surface area contributed by atoms with Crippen LogP contribution in [0.4, 0.5) is 0 Å². The van der Waals surface area contributed by atoms with Crippen LogP contribution in [0.5, 0.6) is 0 Å². The molecule has 1 N–H and O–H groups in total. The molecule has 78 valence electrons. The highest BCUT2D eigenvalue weighted by atomic mass is 16.5. The molecule has 1 atom stereocenters. The summed E-state index contributed by atoms with van der Waals surface area (Å²) in [5, 5.41) is 2.35. The molecule has 0 amide bonds. The maximum absolute atomic E-state index is 10.9. The molecule has 2 heterocycles. The number of nitrogens with zero attached hydrogens (tertiary/aromatic N) is 1. The van der Waals surface area contributed by atoms with E-state index in [1.807, 2.05) is 0 Å². The molecular weight excluding hydrogens is 180 g/mol. The van der Waals surface area contributed by atoms with Crippen molar-refractivity contribution in [1.29, 1.82) is 0 Å². The molecule has 0 unspecified atom stereocenters. The van der Waals surface area contributed by atoms with Gasteiger partial charge in [-0.2, -0.15) is 5.16 Å². The van der Waals surface area contributed by atoms with Gasteiger partial charge in [-0.15, -0.1) is 0 Å². The molecule has 0 bridgehead atoms. The van der Waals surface area contributed by atoms with Crippen LogP contribution < -0.4 is 5.56 Å². The number of rotatable bonds is 2. The van der Waals surface area contributed by atoms with E-state index in [9.17, 15) is 4.79 Å². The Balaban J connectivity index is 2.07. The normalized spacial score (nSPS) is 23.9. The topological polar surface area (TPSA) is 49.2 Å². The maximum Gasteiger partial charge on any atom is 0.280 e. The van der Waals surface area contributed by atoms with E-state index in [4.69, 9.17) is 4.52 Å². The van der Waals surface area contributed by atoms with E-state index in [2.05, 4.69) is 17.0 Å². The molecule has 0 aromatic carbocycles. The van der Waals surface area contributed by atoms with Crippen LogP contribution in [0.1, 0.15) is 31.4 Å². The van der Waals surface area contributed by atoms with E-state index in [0.717, 1.165) is 25.3 Å². The van der Waals surface area contributed by atoms with Crippen molar-refractivity contribution in [2.75, 3.05) is 19.6 Å². The van der Waals surface area contributed by atoms with Crippen molar-refractivity contribution >= 4 is 0 Å². The highest BCUT2D eigenvalue weighted by molar-refractivity contribution is 5.04. The second-order valence-electron chi connectivity index (χ2n) is 3.85. The van der Waals surface area contributed by atoms with Gasteiger partial charge in [0.2, 0.25) is 0 Å². The summed E-state index contributed by atoms with van der Waals surface area (Å²) in [7, 11) is 0. The number of nitrogens with one attached hydrogen (secondary N) is 1. The third-order valence-corrected chi connectivity index (χ3v) is 2.90. The minimum absolute atomic E-state index is 0.131. The monoisotopic (exact) mass is 196 g/mol. The summed E-state index contributed by atoms with van der Waals surface area (Å²) in [5.41, 5.74) is -0.131. The van der Waals surface area contributed by atoms with E-state index in [1.54, 1.807) is 6.07 Å². The number of likely N-dealkylation sites (tertiary alicyclic amines) is 1. The fraction of sp³-hybridized carbons (Fsp3) is 0.700. The fourth-order valence-corrected chi connectivity index (χ4v) is 2.07. The van der Waals surface area contributed by atoms with Crippen LogP contribution in [0.25, 0.3) is 0 Å². The maximum atomic E-state index is 10.9. The smallest absolute Gasteiger partial charge is 0.280 e. The molecule has 0 radical (unpaired) electrons. The van der Waals surface area contributed by atoms with Crippen LogP contribution in [0.3, 0.4) is 0 Å². The lowest BCUT2D eigenvalue weighted by Gasteiger charge is -2.30. The predicted molar refractivity (Wildman–Crippen MR) is 53.4 cm³/mol. The minimum atomic E-state index is -0.131.